The highest BCUT2D eigenvalue weighted by molar-refractivity contribution is 7.12. The Kier molecular flexibility index (Phi) is 3.37. The monoisotopic (exact) mass is 166 g/mol. The fourth-order valence-corrected chi connectivity index (χ4v) is 1.72. The lowest BCUT2D eigenvalue weighted by Crippen LogP contribution is -1.60. The van der Waals surface area contributed by atoms with Crippen molar-refractivity contribution in [3.8, 4) is 0 Å². The molecule has 0 unspecified atom stereocenters. The van der Waals surface area contributed by atoms with E-state index < -0.39 is 0 Å². The van der Waals surface area contributed by atoms with Crippen molar-refractivity contribution in [3.05, 3.63) is 28.0 Å². The van der Waals surface area contributed by atoms with Gasteiger partial charge in [-0.15, -0.1) is 11.3 Å². The zero-order chi connectivity index (χ0) is 8.10. The molecule has 1 heteroatoms. The Bertz CT molecular complexity index is 233. The molecule has 0 saturated heterocycles. The zero-order valence-corrected chi connectivity index (χ0v) is 7.95. The molecule has 60 valence electrons. The third-order valence-electron chi connectivity index (χ3n) is 1.50. The van der Waals surface area contributed by atoms with Crippen LogP contribution in [0.1, 0.15) is 29.5 Å². The lowest BCUT2D eigenvalue weighted by atomic mass is 10.3. The Labute approximate surface area is 72.6 Å². The van der Waals surface area contributed by atoms with Gasteiger partial charge in [-0.3, -0.25) is 0 Å². The van der Waals surface area contributed by atoms with Crippen LogP contribution in [0.25, 0.3) is 6.08 Å². The van der Waals surface area contributed by atoms with Crippen LogP contribution in [0.5, 0.6) is 0 Å². The van der Waals surface area contributed by atoms with E-state index in [1.54, 1.807) is 0 Å². The summed E-state index contributed by atoms with van der Waals surface area (Å²) in [6.45, 7) is 4.34. The van der Waals surface area contributed by atoms with Gasteiger partial charge in [0.1, 0.15) is 0 Å². The van der Waals surface area contributed by atoms with Gasteiger partial charge in [0.05, 0.1) is 0 Å². The molecule has 0 aromatic carbocycles. The fraction of sp³-hybridized carbons (Fsp3) is 0.400. The molecule has 0 aliphatic carbocycles. The fourth-order valence-electron chi connectivity index (χ4n) is 0.909. The molecule has 0 radical (unpaired) electrons. The highest BCUT2D eigenvalue weighted by atomic mass is 32.1. The average Bonchev–Trinajstić information content (AvgIpc) is 2.37. The molecule has 0 fully saturated rings. The molecule has 0 nitrogen and oxygen atoms in total. The first kappa shape index (κ1) is 8.54. The number of unbranched alkanes of at least 4 members (excludes halogenated alkanes) is 1. The molecule has 1 rings (SSSR count). The molecule has 0 aliphatic heterocycles. The maximum atomic E-state index is 2.24. The van der Waals surface area contributed by atoms with Crippen molar-refractivity contribution >= 4 is 17.4 Å². The second-order valence-corrected chi connectivity index (χ2v) is 3.96. The maximum absolute atomic E-state index is 2.24. The molecule has 0 aliphatic rings. The van der Waals surface area contributed by atoms with Crippen molar-refractivity contribution in [1.82, 2.24) is 0 Å². The molecule has 0 atom stereocenters. The van der Waals surface area contributed by atoms with Gasteiger partial charge < -0.3 is 0 Å². The molecule has 11 heavy (non-hydrogen) atoms. The van der Waals surface area contributed by atoms with Crippen molar-refractivity contribution in [3.63, 3.8) is 0 Å². The molecular weight excluding hydrogens is 152 g/mol. The third-order valence-corrected chi connectivity index (χ3v) is 2.46. The van der Waals surface area contributed by atoms with E-state index in [0.717, 1.165) is 0 Å². The molecule has 0 N–H and O–H groups in total. The second-order valence-electron chi connectivity index (χ2n) is 2.64. The lowest BCUT2D eigenvalue weighted by molar-refractivity contribution is 0.962. The molecule has 1 heterocycles. The van der Waals surface area contributed by atoms with E-state index >= 15 is 0 Å². The summed E-state index contributed by atoms with van der Waals surface area (Å²) in [7, 11) is 0. The van der Waals surface area contributed by atoms with Gasteiger partial charge in [0.15, 0.2) is 0 Å². The van der Waals surface area contributed by atoms with Crippen LogP contribution in [0.3, 0.4) is 0 Å². The first-order valence-corrected chi connectivity index (χ1v) is 4.87. The smallest absolute Gasteiger partial charge is 0.0269 e. The topological polar surface area (TPSA) is 0 Å². The van der Waals surface area contributed by atoms with E-state index in [0.29, 0.717) is 0 Å². The largest absolute Gasteiger partial charge is 0.141 e. The third kappa shape index (κ3) is 2.89. The Morgan fingerprint density at radius 2 is 2.27 bits per heavy atom. The van der Waals surface area contributed by atoms with Gasteiger partial charge in [-0.25, -0.2) is 0 Å². The normalized spacial score (nSPS) is 11.1. The molecule has 1 aromatic rings. The Balaban J connectivity index is 2.50. The van der Waals surface area contributed by atoms with Crippen LogP contribution >= 0.6 is 11.3 Å². The standard InChI is InChI=1S/C10H14S/c1-3-4-5-6-10-8-7-9(2)11-10/h5-8H,3-4H2,1-2H3/b6-5+. The minimum atomic E-state index is 1.19. The first-order chi connectivity index (χ1) is 5.33. The summed E-state index contributed by atoms with van der Waals surface area (Å²) in [4.78, 5) is 2.76. The Hall–Kier alpha value is -0.560. The average molecular weight is 166 g/mol. The van der Waals surface area contributed by atoms with Gasteiger partial charge in [0, 0.05) is 9.75 Å². The van der Waals surface area contributed by atoms with Crippen LogP contribution in [-0.2, 0) is 0 Å². The Morgan fingerprint density at radius 1 is 1.45 bits per heavy atom. The summed E-state index contributed by atoms with van der Waals surface area (Å²) in [5.74, 6) is 0. The molecule has 0 spiro atoms. The van der Waals surface area contributed by atoms with Crippen LogP contribution in [-0.4, -0.2) is 0 Å². The van der Waals surface area contributed by atoms with E-state index in [4.69, 9.17) is 0 Å². The molecule has 0 saturated carbocycles. The maximum Gasteiger partial charge on any atom is 0.0269 e. The predicted octanol–water partition coefficient (Wildman–Crippen LogP) is 3.87. The highest BCUT2D eigenvalue weighted by Crippen LogP contribution is 2.16. The molecule has 1 aromatic heterocycles. The van der Waals surface area contributed by atoms with Crippen molar-refractivity contribution in [2.24, 2.45) is 0 Å². The lowest BCUT2D eigenvalue weighted by Gasteiger charge is -1.83. The molecule has 0 amide bonds. The van der Waals surface area contributed by atoms with E-state index in [9.17, 15) is 0 Å². The van der Waals surface area contributed by atoms with Crippen LogP contribution in [0, 0.1) is 6.92 Å². The van der Waals surface area contributed by atoms with Crippen molar-refractivity contribution in [2.45, 2.75) is 26.7 Å². The molecular formula is C10H14S. The number of aryl methyl sites for hydroxylation is 1. The number of rotatable bonds is 3. The molecule has 0 bridgehead atoms. The minimum absolute atomic E-state index is 1.19. The summed E-state index contributed by atoms with van der Waals surface area (Å²) in [6.07, 6.45) is 6.88. The van der Waals surface area contributed by atoms with Crippen molar-refractivity contribution in [1.29, 1.82) is 0 Å². The zero-order valence-electron chi connectivity index (χ0n) is 7.13. The number of hydrogen-bond acceptors (Lipinski definition) is 1. The van der Waals surface area contributed by atoms with Crippen molar-refractivity contribution < 1.29 is 0 Å². The van der Waals surface area contributed by atoms with Gasteiger partial charge >= 0.3 is 0 Å². The van der Waals surface area contributed by atoms with Crippen LogP contribution < -0.4 is 0 Å². The number of thiophene rings is 1. The van der Waals surface area contributed by atoms with Gasteiger partial charge in [0.25, 0.3) is 0 Å². The predicted molar refractivity (Wildman–Crippen MR) is 53.0 cm³/mol. The van der Waals surface area contributed by atoms with E-state index in [-0.39, 0.29) is 0 Å². The van der Waals surface area contributed by atoms with Crippen LogP contribution in [0.15, 0.2) is 18.2 Å². The van der Waals surface area contributed by atoms with Crippen molar-refractivity contribution in [2.75, 3.05) is 0 Å². The van der Waals surface area contributed by atoms with E-state index in [1.165, 1.54) is 22.6 Å². The number of hydrogen-bond donors (Lipinski definition) is 0. The van der Waals surface area contributed by atoms with Gasteiger partial charge in [-0.2, -0.15) is 0 Å². The second kappa shape index (κ2) is 4.35. The summed E-state index contributed by atoms with van der Waals surface area (Å²) in [5, 5.41) is 0. The van der Waals surface area contributed by atoms with Crippen LogP contribution in [0.2, 0.25) is 0 Å². The first-order valence-electron chi connectivity index (χ1n) is 4.06. The SMILES string of the molecule is CCC/C=C/c1ccc(C)s1. The summed E-state index contributed by atoms with van der Waals surface area (Å²) in [5.41, 5.74) is 0. The van der Waals surface area contributed by atoms with E-state index in [1.807, 2.05) is 11.3 Å². The minimum Gasteiger partial charge on any atom is -0.141 e. The van der Waals surface area contributed by atoms with E-state index in [2.05, 4.69) is 38.1 Å². The number of allylic oxidation sites excluding steroid dienone is 1. The van der Waals surface area contributed by atoms with Crippen LogP contribution in [0.4, 0.5) is 0 Å². The summed E-state index contributed by atoms with van der Waals surface area (Å²) in [6, 6.07) is 4.34. The summed E-state index contributed by atoms with van der Waals surface area (Å²) < 4.78 is 0. The Morgan fingerprint density at radius 3 is 2.82 bits per heavy atom. The summed E-state index contributed by atoms with van der Waals surface area (Å²) >= 11 is 1.85. The quantitative estimate of drug-likeness (QED) is 0.639. The van der Waals surface area contributed by atoms with Gasteiger partial charge in [-0.1, -0.05) is 19.4 Å². The van der Waals surface area contributed by atoms with Gasteiger partial charge in [0.2, 0.25) is 0 Å². The highest BCUT2D eigenvalue weighted by Gasteiger charge is 1.89. The van der Waals surface area contributed by atoms with Gasteiger partial charge in [-0.05, 0) is 31.6 Å².